The van der Waals surface area contributed by atoms with Gasteiger partial charge in [0.2, 0.25) is 5.88 Å². The van der Waals surface area contributed by atoms with Gasteiger partial charge in [-0.25, -0.2) is 13.6 Å². The van der Waals surface area contributed by atoms with Gasteiger partial charge in [0.1, 0.15) is 23.4 Å². The Labute approximate surface area is 143 Å². The van der Waals surface area contributed by atoms with Gasteiger partial charge in [-0.05, 0) is 25.1 Å². The molecule has 3 rings (SSSR count). The number of carbonyl (C=O) groups is 1. The highest BCUT2D eigenvalue weighted by atomic mass is 19.1. The minimum absolute atomic E-state index is 0.0775. The maximum atomic E-state index is 13.6. The van der Waals surface area contributed by atoms with Gasteiger partial charge in [0.15, 0.2) is 0 Å². The number of hydrogen-bond donors (Lipinski definition) is 1. The zero-order valence-electron chi connectivity index (χ0n) is 13.7. The number of rotatable bonds is 3. The van der Waals surface area contributed by atoms with Crippen molar-refractivity contribution in [1.82, 2.24) is 15.1 Å². The van der Waals surface area contributed by atoms with Gasteiger partial charge in [0.25, 0.3) is 0 Å². The van der Waals surface area contributed by atoms with Crippen molar-refractivity contribution in [2.24, 2.45) is 0 Å². The zero-order chi connectivity index (χ0) is 17.8. The van der Waals surface area contributed by atoms with E-state index in [0.29, 0.717) is 31.8 Å². The third kappa shape index (κ3) is 4.20. The van der Waals surface area contributed by atoms with Crippen LogP contribution in [0.25, 0.3) is 0 Å². The first-order valence-corrected chi connectivity index (χ1v) is 8.00. The number of nitrogens with one attached hydrogen (secondary N) is 1. The number of hydrogen-bond acceptors (Lipinski definition) is 4. The van der Waals surface area contributed by atoms with Crippen LogP contribution in [0.5, 0.6) is 5.88 Å². The number of amides is 2. The summed E-state index contributed by atoms with van der Waals surface area (Å²) in [6.07, 6.45) is 1.12. The Bertz CT molecular complexity index is 727. The number of para-hydroxylation sites is 1. The predicted octanol–water partition coefficient (Wildman–Crippen LogP) is 3.14. The number of urea groups is 1. The molecule has 0 atom stereocenters. The number of likely N-dealkylation sites (tertiary alicyclic amines) is 1. The lowest BCUT2D eigenvalue weighted by Gasteiger charge is -2.31. The van der Waals surface area contributed by atoms with E-state index >= 15 is 0 Å². The first-order valence-electron chi connectivity index (χ1n) is 8.00. The van der Waals surface area contributed by atoms with E-state index in [1.807, 2.05) is 13.0 Å². The molecule has 1 fully saturated rings. The molecule has 1 aromatic heterocycles. The summed E-state index contributed by atoms with van der Waals surface area (Å²) in [6, 6.07) is 6.48. The fourth-order valence-electron chi connectivity index (χ4n) is 2.60. The Morgan fingerprint density at radius 3 is 2.44 bits per heavy atom. The summed E-state index contributed by atoms with van der Waals surface area (Å²) >= 11 is 0. The number of anilines is 1. The Hall–Kier alpha value is -2.77. The second-order valence-corrected chi connectivity index (χ2v) is 5.84. The molecule has 2 amide bonds. The zero-order valence-corrected chi connectivity index (χ0v) is 13.7. The highest BCUT2D eigenvalue weighted by Gasteiger charge is 2.25. The summed E-state index contributed by atoms with van der Waals surface area (Å²) in [5, 5.41) is 10.2. The smallest absolute Gasteiger partial charge is 0.322 e. The predicted molar refractivity (Wildman–Crippen MR) is 87.4 cm³/mol. The molecule has 0 radical (unpaired) electrons. The lowest BCUT2D eigenvalue weighted by Crippen LogP contribution is -2.44. The SMILES string of the molecule is Cc1ccc(OC2CCN(C(=O)Nc3c(F)cccc3F)CC2)nn1. The second-order valence-electron chi connectivity index (χ2n) is 5.84. The van der Waals surface area contributed by atoms with E-state index in [-0.39, 0.29) is 6.10 Å². The molecule has 2 aromatic rings. The molecule has 25 heavy (non-hydrogen) atoms. The largest absolute Gasteiger partial charge is 0.473 e. The lowest BCUT2D eigenvalue weighted by atomic mass is 10.1. The number of piperidine rings is 1. The van der Waals surface area contributed by atoms with Gasteiger partial charge in [0, 0.05) is 32.0 Å². The number of nitrogens with zero attached hydrogens (tertiary/aromatic N) is 3. The van der Waals surface area contributed by atoms with Crippen molar-refractivity contribution in [2.75, 3.05) is 18.4 Å². The number of ether oxygens (including phenoxy) is 1. The third-order valence-corrected chi connectivity index (χ3v) is 3.98. The molecule has 1 aromatic carbocycles. The maximum Gasteiger partial charge on any atom is 0.322 e. The van der Waals surface area contributed by atoms with Gasteiger partial charge in [-0.3, -0.25) is 0 Å². The summed E-state index contributed by atoms with van der Waals surface area (Å²) in [4.78, 5) is 13.7. The molecular formula is C17H18F2N4O2. The summed E-state index contributed by atoms with van der Waals surface area (Å²) < 4.78 is 33.0. The molecule has 1 N–H and O–H groups in total. The van der Waals surface area contributed by atoms with Crippen LogP contribution >= 0.6 is 0 Å². The minimum Gasteiger partial charge on any atom is -0.473 e. The molecule has 0 spiro atoms. The molecule has 0 bridgehead atoms. The maximum absolute atomic E-state index is 13.6. The van der Waals surface area contributed by atoms with E-state index in [4.69, 9.17) is 4.74 Å². The van der Waals surface area contributed by atoms with Crippen LogP contribution < -0.4 is 10.1 Å². The van der Waals surface area contributed by atoms with E-state index in [1.54, 1.807) is 6.07 Å². The Balaban J connectivity index is 1.53. The second kappa shape index (κ2) is 7.42. The number of halogens is 2. The fraction of sp³-hybridized carbons (Fsp3) is 0.353. The normalized spacial score (nSPS) is 15.1. The van der Waals surface area contributed by atoms with Gasteiger partial charge in [-0.15, -0.1) is 5.10 Å². The standard InChI is InChI=1S/C17H18F2N4O2/c1-11-5-6-15(22-21-11)25-12-7-9-23(10-8-12)17(24)20-16-13(18)3-2-4-14(16)19/h2-6,12H,7-10H2,1H3,(H,20,24). The Morgan fingerprint density at radius 1 is 1.16 bits per heavy atom. The molecule has 8 heteroatoms. The molecule has 0 saturated carbocycles. The van der Waals surface area contributed by atoms with Crippen molar-refractivity contribution in [1.29, 1.82) is 0 Å². The van der Waals surface area contributed by atoms with E-state index in [2.05, 4.69) is 15.5 Å². The van der Waals surface area contributed by atoms with E-state index < -0.39 is 23.4 Å². The first kappa shape index (κ1) is 17.1. The minimum atomic E-state index is -0.801. The van der Waals surface area contributed by atoms with Crippen LogP contribution in [0.3, 0.4) is 0 Å². The van der Waals surface area contributed by atoms with Crippen LogP contribution in [0.1, 0.15) is 18.5 Å². The fourth-order valence-corrected chi connectivity index (χ4v) is 2.60. The molecule has 1 aliphatic rings. The van der Waals surface area contributed by atoms with Crippen molar-refractivity contribution < 1.29 is 18.3 Å². The topological polar surface area (TPSA) is 67.3 Å². The average molecular weight is 348 g/mol. The first-order chi connectivity index (χ1) is 12.0. The molecular weight excluding hydrogens is 330 g/mol. The highest BCUT2D eigenvalue weighted by molar-refractivity contribution is 5.89. The number of carbonyl (C=O) groups excluding carboxylic acids is 1. The molecule has 2 heterocycles. The Kier molecular flexibility index (Phi) is 5.06. The monoisotopic (exact) mass is 348 g/mol. The molecule has 1 saturated heterocycles. The van der Waals surface area contributed by atoms with Crippen molar-refractivity contribution in [3.63, 3.8) is 0 Å². The summed E-state index contributed by atoms with van der Waals surface area (Å²) in [7, 11) is 0. The molecule has 1 aliphatic heterocycles. The van der Waals surface area contributed by atoms with Crippen molar-refractivity contribution in [3.8, 4) is 5.88 Å². The molecule has 0 unspecified atom stereocenters. The van der Waals surface area contributed by atoms with Crippen LogP contribution in [0.4, 0.5) is 19.3 Å². The highest BCUT2D eigenvalue weighted by Crippen LogP contribution is 2.21. The van der Waals surface area contributed by atoms with Crippen molar-refractivity contribution in [3.05, 3.63) is 47.7 Å². The lowest BCUT2D eigenvalue weighted by molar-refractivity contribution is 0.110. The summed E-state index contributed by atoms with van der Waals surface area (Å²) in [6.45, 7) is 2.68. The summed E-state index contributed by atoms with van der Waals surface area (Å²) in [5.74, 6) is -1.16. The van der Waals surface area contributed by atoms with Gasteiger partial charge >= 0.3 is 6.03 Å². The summed E-state index contributed by atoms with van der Waals surface area (Å²) in [5.41, 5.74) is 0.375. The van der Waals surface area contributed by atoms with Crippen LogP contribution in [-0.4, -0.2) is 40.3 Å². The Morgan fingerprint density at radius 2 is 1.84 bits per heavy atom. The number of aryl methyl sites for hydroxylation is 1. The van der Waals surface area contributed by atoms with Crippen molar-refractivity contribution >= 4 is 11.7 Å². The van der Waals surface area contributed by atoms with Crippen molar-refractivity contribution in [2.45, 2.75) is 25.9 Å². The van der Waals surface area contributed by atoms with Gasteiger partial charge in [-0.2, -0.15) is 5.10 Å². The van der Waals surface area contributed by atoms with E-state index in [0.717, 1.165) is 17.8 Å². The number of benzene rings is 1. The van der Waals surface area contributed by atoms with Crippen LogP contribution in [0.2, 0.25) is 0 Å². The molecule has 132 valence electrons. The van der Waals surface area contributed by atoms with Gasteiger partial charge in [0.05, 0.1) is 5.69 Å². The van der Waals surface area contributed by atoms with Crippen LogP contribution in [-0.2, 0) is 0 Å². The molecule has 6 nitrogen and oxygen atoms in total. The van der Waals surface area contributed by atoms with E-state index in [9.17, 15) is 13.6 Å². The van der Waals surface area contributed by atoms with Crippen LogP contribution in [0, 0.1) is 18.6 Å². The van der Waals surface area contributed by atoms with Gasteiger partial charge < -0.3 is 15.0 Å². The van der Waals surface area contributed by atoms with Gasteiger partial charge in [-0.1, -0.05) is 6.07 Å². The van der Waals surface area contributed by atoms with E-state index in [1.165, 1.54) is 11.0 Å². The third-order valence-electron chi connectivity index (χ3n) is 3.98. The van der Waals surface area contributed by atoms with Crippen LogP contribution in [0.15, 0.2) is 30.3 Å². The average Bonchev–Trinajstić information content (AvgIpc) is 2.61. The molecule has 0 aliphatic carbocycles. The quantitative estimate of drug-likeness (QED) is 0.925. The number of aromatic nitrogens is 2.